The van der Waals surface area contributed by atoms with E-state index in [0.29, 0.717) is 36.2 Å². The molecule has 1 aliphatic heterocycles. The van der Waals surface area contributed by atoms with Gasteiger partial charge in [-0.05, 0) is 74.5 Å². The number of piperidine rings is 1. The van der Waals surface area contributed by atoms with Gasteiger partial charge in [-0.25, -0.2) is 13.4 Å². The Morgan fingerprint density at radius 1 is 1.08 bits per heavy atom. The number of sulfonamides is 1. The number of carbonyl (C=O) groups excluding carboxylic acids is 1. The molecular formula is C27H36N4O3S3. The number of carbonyl (C=O) groups is 1. The predicted octanol–water partition coefficient (Wildman–Crippen LogP) is 5.43. The number of nitrogens with zero attached hydrogens (tertiary/aromatic N) is 4. The second-order valence-corrected chi connectivity index (χ2v) is 13.2. The van der Waals surface area contributed by atoms with Gasteiger partial charge in [0.1, 0.15) is 0 Å². The first kappa shape index (κ1) is 28.0. The molecule has 0 spiro atoms. The number of benzene rings is 2. The van der Waals surface area contributed by atoms with Gasteiger partial charge in [0, 0.05) is 36.6 Å². The first-order chi connectivity index (χ1) is 17.8. The van der Waals surface area contributed by atoms with Crippen molar-refractivity contribution in [1.82, 2.24) is 14.2 Å². The van der Waals surface area contributed by atoms with Crippen LogP contribution in [0.5, 0.6) is 0 Å². The van der Waals surface area contributed by atoms with Gasteiger partial charge in [0.2, 0.25) is 10.0 Å². The first-order valence-electron chi connectivity index (χ1n) is 12.9. The van der Waals surface area contributed by atoms with Crippen molar-refractivity contribution >= 4 is 54.4 Å². The van der Waals surface area contributed by atoms with Crippen molar-refractivity contribution in [3.8, 4) is 0 Å². The number of thiazole rings is 1. The molecule has 0 radical (unpaired) electrons. The van der Waals surface area contributed by atoms with E-state index in [1.165, 1.54) is 11.3 Å². The molecule has 2 aromatic carbocycles. The topological polar surface area (TPSA) is 73.8 Å². The molecule has 0 atom stereocenters. The van der Waals surface area contributed by atoms with Gasteiger partial charge in [-0.2, -0.15) is 4.31 Å². The van der Waals surface area contributed by atoms with Crippen molar-refractivity contribution in [2.24, 2.45) is 5.92 Å². The van der Waals surface area contributed by atoms with Gasteiger partial charge in [0.25, 0.3) is 5.91 Å². The smallest absolute Gasteiger partial charge is 0.260 e. The number of rotatable bonds is 10. The number of fused-ring (bicyclic) bond motifs is 1. The molecule has 10 heteroatoms. The fraction of sp³-hybridized carbons (Fsp3) is 0.481. The molecule has 0 aliphatic carbocycles. The fourth-order valence-corrected chi connectivity index (χ4v) is 7.67. The molecule has 3 aromatic rings. The molecule has 7 nitrogen and oxygen atoms in total. The number of para-hydroxylation sites is 1. The maximum absolute atomic E-state index is 13.8. The molecule has 0 bridgehead atoms. The highest BCUT2D eigenvalue weighted by Gasteiger charge is 2.29. The normalized spacial score (nSPS) is 15.5. The highest BCUT2D eigenvalue weighted by atomic mass is 32.2. The molecule has 1 fully saturated rings. The number of amides is 1. The number of likely N-dealkylation sites (N-methyl/N-ethyl adjacent to an activating group) is 1. The summed E-state index contributed by atoms with van der Waals surface area (Å²) in [5.74, 6) is 0.371. The number of hydrogen-bond acceptors (Lipinski definition) is 7. The number of thioether (sulfide) groups is 1. The molecule has 4 rings (SSSR count). The molecule has 37 heavy (non-hydrogen) atoms. The van der Waals surface area contributed by atoms with E-state index >= 15 is 0 Å². The molecule has 2 heterocycles. The van der Waals surface area contributed by atoms with Gasteiger partial charge in [-0.1, -0.05) is 38.2 Å². The molecule has 1 aromatic heterocycles. The average Bonchev–Trinajstić information content (AvgIpc) is 3.35. The summed E-state index contributed by atoms with van der Waals surface area (Å²) in [7, 11) is -3.56. The van der Waals surface area contributed by atoms with E-state index in [1.807, 2.05) is 24.5 Å². The van der Waals surface area contributed by atoms with Gasteiger partial charge < -0.3 is 4.90 Å². The van der Waals surface area contributed by atoms with Gasteiger partial charge in [0.15, 0.2) is 5.13 Å². The van der Waals surface area contributed by atoms with E-state index in [9.17, 15) is 13.2 Å². The van der Waals surface area contributed by atoms with Crippen molar-refractivity contribution in [3.63, 3.8) is 0 Å². The minimum atomic E-state index is -3.56. The molecule has 0 unspecified atom stereocenters. The van der Waals surface area contributed by atoms with Crippen LogP contribution in [-0.2, 0) is 10.0 Å². The largest absolute Gasteiger partial charge is 0.302 e. The lowest BCUT2D eigenvalue weighted by atomic mass is 10.0. The second kappa shape index (κ2) is 12.3. The molecule has 0 N–H and O–H groups in total. The average molecular weight is 561 g/mol. The predicted molar refractivity (Wildman–Crippen MR) is 154 cm³/mol. The maximum atomic E-state index is 13.8. The lowest BCUT2D eigenvalue weighted by molar-refractivity contribution is 0.0983. The van der Waals surface area contributed by atoms with Crippen LogP contribution in [-0.4, -0.2) is 74.0 Å². The Hall–Kier alpha value is -1.98. The SMILES string of the molecule is CCN(CC)CCN(C(=O)c1ccc(S(=O)(=O)N2CCC(C)CC2)cc1)c1nc2c(SC)cccc2s1. The van der Waals surface area contributed by atoms with Crippen LogP contribution in [0.25, 0.3) is 10.2 Å². The lowest BCUT2D eigenvalue weighted by Gasteiger charge is -2.29. The summed E-state index contributed by atoms with van der Waals surface area (Å²) in [6.45, 7) is 10.5. The number of anilines is 1. The zero-order valence-corrected chi connectivity index (χ0v) is 24.5. The highest BCUT2D eigenvalue weighted by Crippen LogP contribution is 2.34. The van der Waals surface area contributed by atoms with Crippen LogP contribution in [0.4, 0.5) is 5.13 Å². The third-order valence-electron chi connectivity index (χ3n) is 7.08. The van der Waals surface area contributed by atoms with Crippen LogP contribution in [0.3, 0.4) is 0 Å². The third kappa shape index (κ3) is 6.20. The maximum Gasteiger partial charge on any atom is 0.260 e. The van der Waals surface area contributed by atoms with Crippen LogP contribution in [0.1, 0.15) is 44.0 Å². The summed E-state index contributed by atoms with van der Waals surface area (Å²) >= 11 is 3.15. The van der Waals surface area contributed by atoms with Gasteiger partial charge in [-0.3, -0.25) is 9.69 Å². The van der Waals surface area contributed by atoms with E-state index in [1.54, 1.807) is 45.2 Å². The first-order valence-corrected chi connectivity index (χ1v) is 16.3. The second-order valence-electron chi connectivity index (χ2n) is 9.40. The Morgan fingerprint density at radius 3 is 2.38 bits per heavy atom. The molecule has 1 saturated heterocycles. The Balaban J connectivity index is 1.62. The lowest BCUT2D eigenvalue weighted by Crippen LogP contribution is -2.39. The molecule has 200 valence electrons. The van der Waals surface area contributed by atoms with Gasteiger partial charge >= 0.3 is 0 Å². The van der Waals surface area contributed by atoms with Crippen molar-refractivity contribution in [3.05, 3.63) is 48.0 Å². The van der Waals surface area contributed by atoms with Gasteiger partial charge in [0.05, 0.1) is 15.1 Å². The summed E-state index contributed by atoms with van der Waals surface area (Å²) in [5.41, 5.74) is 1.36. The summed E-state index contributed by atoms with van der Waals surface area (Å²) in [5, 5.41) is 0.660. The van der Waals surface area contributed by atoms with Gasteiger partial charge in [-0.15, -0.1) is 11.8 Å². The Bertz CT molecular complexity index is 1310. The Labute approximate surface area is 228 Å². The molecule has 1 aliphatic rings. The summed E-state index contributed by atoms with van der Waals surface area (Å²) < 4.78 is 28.9. The zero-order valence-electron chi connectivity index (χ0n) is 22.0. The molecule has 0 saturated carbocycles. The quantitative estimate of drug-likeness (QED) is 0.308. The minimum Gasteiger partial charge on any atom is -0.302 e. The monoisotopic (exact) mass is 560 g/mol. The standard InChI is InChI=1S/C27H36N4O3S3/c1-5-29(6-2)18-19-31(27-28-25-23(35-4)8-7-9-24(25)36-27)26(32)21-10-12-22(13-11-21)37(33,34)30-16-14-20(3)15-17-30/h7-13,20H,5-6,14-19H2,1-4H3. The van der Waals surface area contributed by atoms with Crippen LogP contribution in [0, 0.1) is 5.92 Å². The van der Waals surface area contributed by atoms with E-state index in [-0.39, 0.29) is 10.8 Å². The van der Waals surface area contributed by atoms with Crippen molar-refractivity contribution in [2.75, 3.05) is 50.4 Å². The fourth-order valence-electron chi connectivity index (χ4n) is 4.56. The summed E-state index contributed by atoms with van der Waals surface area (Å²) in [6.07, 6.45) is 3.77. The van der Waals surface area contributed by atoms with Crippen LogP contribution >= 0.6 is 23.1 Å². The van der Waals surface area contributed by atoms with E-state index < -0.39 is 10.0 Å². The van der Waals surface area contributed by atoms with E-state index in [4.69, 9.17) is 4.98 Å². The summed E-state index contributed by atoms with van der Waals surface area (Å²) in [4.78, 5) is 24.0. The number of hydrogen-bond donors (Lipinski definition) is 0. The van der Waals surface area contributed by atoms with Crippen molar-refractivity contribution in [1.29, 1.82) is 0 Å². The highest BCUT2D eigenvalue weighted by molar-refractivity contribution is 7.98. The Kier molecular flexibility index (Phi) is 9.29. The minimum absolute atomic E-state index is 0.173. The molecular weight excluding hydrogens is 525 g/mol. The summed E-state index contributed by atoms with van der Waals surface area (Å²) in [6, 6.07) is 12.5. The van der Waals surface area contributed by atoms with Crippen LogP contribution in [0.15, 0.2) is 52.3 Å². The van der Waals surface area contributed by atoms with Crippen LogP contribution < -0.4 is 4.90 Å². The number of aromatic nitrogens is 1. The zero-order chi connectivity index (χ0) is 26.6. The Morgan fingerprint density at radius 2 is 1.76 bits per heavy atom. The van der Waals surface area contributed by atoms with Crippen molar-refractivity contribution < 1.29 is 13.2 Å². The van der Waals surface area contributed by atoms with E-state index in [0.717, 1.165) is 47.6 Å². The van der Waals surface area contributed by atoms with Crippen LogP contribution in [0.2, 0.25) is 0 Å². The van der Waals surface area contributed by atoms with E-state index in [2.05, 4.69) is 25.7 Å². The molecule has 1 amide bonds. The van der Waals surface area contributed by atoms with Crippen molar-refractivity contribution in [2.45, 2.75) is 43.4 Å². The third-order valence-corrected chi connectivity index (χ3v) is 10.8.